The normalized spacial score (nSPS) is 32.4. The number of likely N-dealkylation sites (tertiary alicyclic amines) is 1. The van der Waals surface area contributed by atoms with Crippen LogP contribution >= 0.6 is 0 Å². The Balaban J connectivity index is 1.31. The molecule has 202 valence electrons. The average molecular weight is 525 g/mol. The van der Waals surface area contributed by atoms with Gasteiger partial charge in [-0.3, -0.25) is 19.3 Å². The van der Waals surface area contributed by atoms with Gasteiger partial charge in [0.1, 0.15) is 12.1 Å². The number of hydrogen-bond donors (Lipinski definition) is 6. The van der Waals surface area contributed by atoms with Crippen molar-refractivity contribution in [1.29, 1.82) is 0 Å². The van der Waals surface area contributed by atoms with Crippen molar-refractivity contribution < 1.29 is 24.6 Å². The highest BCUT2D eigenvalue weighted by Crippen LogP contribution is 2.45. The van der Waals surface area contributed by atoms with Gasteiger partial charge in [-0.05, 0) is 35.4 Å². The van der Waals surface area contributed by atoms with Crippen molar-refractivity contribution in [2.24, 2.45) is 21.5 Å². The van der Waals surface area contributed by atoms with Crippen LogP contribution in [0, 0.1) is 0 Å². The predicted molar refractivity (Wildman–Crippen MR) is 136 cm³/mol. The number of aliphatic imine (C=N–C) groups is 2. The zero-order chi connectivity index (χ0) is 27.2. The molecule has 0 aromatic heterocycles. The van der Waals surface area contributed by atoms with E-state index < -0.39 is 35.5 Å². The Bertz CT molecular complexity index is 1310. The molecule has 4 aliphatic heterocycles. The van der Waals surface area contributed by atoms with Crippen LogP contribution in [0.25, 0.3) is 0 Å². The van der Waals surface area contributed by atoms with E-state index in [1.807, 2.05) is 12.1 Å². The molecule has 0 bridgehead atoms. The first-order valence-electron chi connectivity index (χ1n) is 12.8. The zero-order valence-electron chi connectivity index (χ0n) is 21.3. The van der Waals surface area contributed by atoms with Gasteiger partial charge in [0.25, 0.3) is 5.91 Å². The van der Waals surface area contributed by atoms with Crippen molar-refractivity contribution >= 4 is 29.6 Å². The lowest BCUT2D eigenvalue weighted by atomic mass is 9.84. The highest BCUT2D eigenvalue weighted by atomic mass is 16.5. The summed E-state index contributed by atoms with van der Waals surface area (Å²) in [6.07, 6.45) is 1.87. The van der Waals surface area contributed by atoms with Crippen LogP contribution in [-0.2, 0) is 21.4 Å². The first-order chi connectivity index (χ1) is 17.9. The van der Waals surface area contributed by atoms with Crippen molar-refractivity contribution in [3.05, 3.63) is 34.9 Å². The number of nitrogens with two attached hydrogens (primary N) is 2. The third-order valence-electron chi connectivity index (χ3n) is 8.78. The lowest BCUT2D eigenvalue weighted by molar-refractivity contribution is -0.230. The summed E-state index contributed by atoms with van der Waals surface area (Å²) < 4.78 is 0. The lowest BCUT2D eigenvalue weighted by Crippen LogP contribution is -2.78. The van der Waals surface area contributed by atoms with Crippen molar-refractivity contribution in [1.82, 2.24) is 20.4 Å². The smallest absolute Gasteiger partial charge is 0.252 e. The summed E-state index contributed by atoms with van der Waals surface area (Å²) in [6, 6.07) is 2.52. The van der Waals surface area contributed by atoms with Gasteiger partial charge in [-0.2, -0.15) is 0 Å². The molecule has 4 heterocycles. The third kappa shape index (κ3) is 3.21. The molecule has 1 unspecified atom stereocenters. The first kappa shape index (κ1) is 24.6. The molecule has 2 fully saturated rings. The Morgan fingerprint density at radius 1 is 1.16 bits per heavy atom. The van der Waals surface area contributed by atoms with Gasteiger partial charge in [0, 0.05) is 24.9 Å². The quantitative estimate of drug-likeness (QED) is 0.187. The van der Waals surface area contributed by atoms with E-state index in [1.54, 1.807) is 6.07 Å². The lowest BCUT2D eigenvalue weighted by Gasteiger charge is -2.49. The van der Waals surface area contributed by atoms with E-state index in [9.17, 15) is 24.6 Å². The van der Waals surface area contributed by atoms with Gasteiger partial charge in [-0.25, -0.2) is 9.98 Å². The van der Waals surface area contributed by atoms with Crippen LogP contribution in [0.4, 0.5) is 0 Å². The van der Waals surface area contributed by atoms with Crippen LogP contribution in [0.15, 0.2) is 28.2 Å². The monoisotopic (exact) mass is 524 g/mol. The second-order valence-corrected chi connectivity index (χ2v) is 11.4. The highest BCUT2D eigenvalue weighted by molar-refractivity contribution is 6.02. The molecule has 2 saturated heterocycles. The molecule has 1 aromatic carbocycles. The molecule has 1 aromatic rings. The molecule has 5 aliphatic rings. The number of fused-ring (bicyclic) bond motifs is 1. The molecule has 1 spiro atoms. The highest BCUT2D eigenvalue weighted by Gasteiger charge is 2.73. The Kier molecular flexibility index (Phi) is 5.12. The van der Waals surface area contributed by atoms with Crippen molar-refractivity contribution in [3.63, 3.8) is 0 Å². The van der Waals surface area contributed by atoms with Crippen LogP contribution in [0.3, 0.4) is 0 Å². The number of carbonyl (C=O) groups is 3. The maximum atomic E-state index is 13.5. The second kappa shape index (κ2) is 7.90. The Morgan fingerprint density at radius 2 is 1.87 bits per heavy atom. The molecule has 13 heteroatoms. The number of aliphatic hydroxyl groups is 2. The van der Waals surface area contributed by atoms with E-state index in [1.165, 1.54) is 4.90 Å². The largest absolute Gasteiger partial charge is 0.370 e. The van der Waals surface area contributed by atoms with Crippen LogP contribution < -0.4 is 22.1 Å². The van der Waals surface area contributed by atoms with Crippen molar-refractivity contribution in [3.8, 4) is 0 Å². The summed E-state index contributed by atoms with van der Waals surface area (Å²) in [5, 5.41) is 29.0. The summed E-state index contributed by atoms with van der Waals surface area (Å²) in [7, 11) is 0. The van der Waals surface area contributed by atoms with Crippen LogP contribution in [0.5, 0.6) is 0 Å². The minimum Gasteiger partial charge on any atom is -0.370 e. The van der Waals surface area contributed by atoms with Gasteiger partial charge < -0.3 is 37.2 Å². The van der Waals surface area contributed by atoms with Crippen LogP contribution in [0.1, 0.15) is 54.6 Å². The number of benzene rings is 1. The van der Waals surface area contributed by atoms with Crippen molar-refractivity contribution in [2.75, 3.05) is 13.1 Å². The Labute approximate surface area is 218 Å². The summed E-state index contributed by atoms with van der Waals surface area (Å²) in [5.74, 6) is -3.83. The maximum Gasteiger partial charge on any atom is 0.252 e. The van der Waals surface area contributed by atoms with E-state index >= 15 is 0 Å². The number of amides is 3. The molecule has 38 heavy (non-hydrogen) atoms. The fourth-order valence-corrected chi connectivity index (χ4v) is 6.76. The second-order valence-electron chi connectivity index (χ2n) is 11.4. The first-order valence-corrected chi connectivity index (χ1v) is 12.8. The van der Waals surface area contributed by atoms with E-state index in [4.69, 9.17) is 11.5 Å². The number of hydrogen-bond acceptors (Lipinski definition) is 11. The van der Waals surface area contributed by atoms with Gasteiger partial charge in [0.15, 0.2) is 17.6 Å². The van der Waals surface area contributed by atoms with E-state index in [0.717, 1.165) is 28.9 Å². The fraction of sp³-hybridized carbons (Fsp3) is 0.560. The molecular weight excluding hydrogens is 492 g/mol. The molecule has 4 atom stereocenters. The molecule has 8 N–H and O–H groups in total. The number of nitrogens with zero attached hydrogens (tertiary/aromatic N) is 4. The molecule has 6 rings (SSSR count). The van der Waals surface area contributed by atoms with E-state index in [0.29, 0.717) is 5.56 Å². The number of rotatable bonds is 4. The molecule has 0 radical (unpaired) electrons. The van der Waals surface area contributed by atoms with Gasteiger partial charge in [-0.15, -0.1) is 0 Å². The number of guanidine groups is 2. The fourth-order valence-electron chi connectivity index (χ4n) is 6.76. The van der Waals surface area contributed by atoms with Crippen LogP contribution in [-0.4, -0.2) is 92.3 Å². The summed E-state index contributed by atoms with van der Waals surface area (Å²) in [5.41, 5.74) is 13.1. The van der Waals surface area contributed by atoms with E-state index in [-0.39, 0.29) is 55.1 Å². The SMILES string of the molecule is CC1(C)CCc2c(C(=O)NC3CN4C(N)=N[C@@H](CN5C(=O)CCC5=O)[C@@H]5N=C(N)N[C@@]54C3(O)O)cccc21. The molecule has 0 saturated carbocycles. The third-order valence-corrected chi connectivity index (χ3v) is 8.78. The minimum atomic E-state index is -2.60. The molecule has 13 nitrogen and oxygen atoms in total. The topological polar surface area (TPSA) is 199 Å². The Morgan fingerprint density at radius 3 is 2.58 bits per heavy atom. The Hall–Kier alpha value is -3.71. The van der Waals surface area contributed by atoms with Crippen molar-refractivity contribution in [2.45, 2.75) is 74.5 Å². The number of imide groups is 1. The van der Waals surface area contributed by atoms with Gasteiger partial charge in [0.2, 0.25) is 17.6 Å². The van der Waals surface area contributed by atoms with Gasteiger partial charge >= 0.3 is 0 Å². The van der Waals surface area contributed by atoms with Gasteiger partial charge in [-0.1, -0.05) is 26.0 Å². The molecule has 3 amide bonds. The summed E-state index contributed by atoms with van der Waals surface area (Å²) >= 11 is 0. The van der Waals surface area contributed by atoms with Crippen LogP contribution in [0.2, 0.25) is 0 Å². The standard InChI is InChI=1S/C25H32N8O5/c1-23(2)9-8-12-13(4-3-5-14(12)23)20(36)29-16-11-33-22(27)28-15(10-32-17(34)6-7-18(32)35)19-24(33,25(16,37)38)31-21(26)30-19/h3-5,15-16,19,37-38H,6-11H2,1-2H3,(H2,27,28)(H,29,36)(H3,26,30,31)/t15-,16?,19-,24-/m0/s1. The maximum absolute atomic E-state index is 13.5. The van der Waals surface area contributed by atoms with E-state index in [2.05, 4.69) is 34.5 Å². The average Bonchev–Trinajstić information content (AvgIpc) is 3.54. The molecule has 1 aliphatic carbocycles. The number of carbonyl (C=O) groups excluding carboxylic acids is 3. The zero-order valence-corrected chi connectivity index (χ0v) is 21.3. The predicted octanol–water partition coefficient (Wildman–Crippen LogP) is -2.17. The molecular formula is C25H32N8O5. The summed E-state index contributed by atoms with van der Waals surface area (Å²) in [6.45, 7) is 4.06. The minimum absolute atomic E-state index is 0.0469. The van der Waals surface area contributed by atoms with Gasteiger partial charge in [0.05, 0.1) is 12.6 Å². The number of nitrogens with one attached hydrogen (secondary N) is 2. The summed E-state index contributed by atoms with van der Waals surface area (Å²) in [4.78, 5) is 49.4.